The predicted octanol–water partition coefficient (Wildman–Crippen LogP) is 6.54. The molecule has 2 bridgehead atoms. The van der Waals surface area contributed by atoms with Crippen molar-refractivity contribution in [2.24, 2.45) is 13.0 Å². The van der Waals surface area contributed by atoms with Gasteiger partial charge >= 0.3 is 18.3 Å². The Balaban J connectivity index is 0.000000654. The van der Waals surface area contributed by atoms with Gasteiger partial charge in [-0.05, 0) is 43.2 Å². The zero-order chi connectivity index (χ0) is 37.2. The molecule has 0 fully saturated rings. The van der Waals surface area contributed by atoms with E-state index >= 15 is 0 Å². The number of alkyl halides is 6. The van der Waals surface area contributed by atoms with Crippen LogP contribution in [-0.2, 0) is 22.8 Å². The number of rotatable bonds is 3. The molecule has 2 atom stereocenters. The van der Waals surface area contributed by atoms with E-state index in [0.29, 0.717) is 46.9 Å². The number of carboxylic acids is 1. The van der Waals surface area contributed by atoms with Crippen LogP contribution in [0.2, 0.25) is 5.02 Å². The van der Waals surface area contributed by atoms with E-state index in [1.54, 1.807) is 24.1 Å². The molecule has 51 heavy (non-hydrogen) atoms. The van der Waals surface area contributed by atoms with Crippen LogP contribution in [0.25, 0.3) is 28.2 Å². The number of hydrogen-bond acceptors (Lipinski definition) is 7. The van der Waals surface area contributed by atoms with Gasteiger partial charge in [-0.3, -0.25) is 23.8 Å². The normalized spacial score (nSPS) is 16.5. The Labute approximate surface area is 289 Å². The van der Waals surface area contributed by atoms with Crippen LogP contribution in [0.4, 0.5) is 32.0 Å². The van der Waals surface area contributed by atoms with Crippen molar-refractivity contribution in [2.75, 3.05) is 5.32 Å². The van der Waals surface area contributed by atoms with Crippen LogP contribution < -0.4 is 10.9 Å². The van der Waals surface area contributed by atoms with E-state index in [-0.39, 0.29) is 23.2 Å². The van der Waals surface area contributed by atoms with Crippen LogP contribution in [0.5, 0.6) is 0 Å². The van der Waals surface area contributed by atoms with Crippen molar-refractivity contribution in [2.45, 2.75) is 44.6 Å². The number of pyridine rings is 1. The van der Waals surface area contributed by atoms with E-state index in [9.17, 15) is 35.9 Å². The van der Waals surface area contributed by atoms with Crippen LogP contribution in [0.15, 0.2) is 72.3 Å². The number of fused-ring (bicyclic) bond motifs is 4. The van der Waals surface area contributed by atoms with Gasteiger partial charge in [0.15, 0.2) is 0 Å². The molecule has 0 aliphatic carbocycles. The Hall–Kier alpha value is -5.52. The van der Waals surface area contributed by atoms with Crippen LogP contribution in [0.1, 0.15) is 43.5 Å². The van der Waals surface area contributed by atoms with Crippen molar-refractivity contribution in [3.63, 3.8) is 0 Å². The smallest absolute Gasteiger partial charge is 0.475 e. The van der Waals surface area contributed by atoms with Gasteiger partial charge in [-0.1, -0.05) is 24.9 Å². The Morgan fingerprint density at radius 1 is 1.00 bits per heavy atom. The number of anilines is 1. The lowest BCUT2D eigenvalue weighted by molar-refractivity contribution is -0.192. The Morgan fingerprint density at radius 3 is 2.37 bits per heavy atom. The largest absolute Gasteiger partial charge is 0.490 e. The number of aryl methyl sites for hydroxylation is 1. The van der Waals surface area contributed by atoms with Crippen molar-refractivity contribution < 1.29 is 41.0 Å². The van der Waals surface area contributed by atoms with E-state index in [2.05, 4.69) is 25.5 Å². The van der Waals surface area contributed by atoms with Crippen molar-refractivity contribution in [3.8, 4) is 28.2 Å². The zero-order valence-electron chi connectivity index (χ0n) is 26.6. The van der Waals surface area contributed by atoms with Gasteiger partial charge in [0.2, 0.25) is 5.91 Å². The summed E-state index contributed by atoms with van der Waals surface area (Å²) in [5.41, 5.74) is 2.20. The molecule has 1 aliphatic heterocycles. The number of amides is 1. The first-order chi connectivity index (χ1) is 23.9. The highest BCUT2D eigenvalue weighted by Gasteiger charge is 2.38. The van der Waals surface area contributed by atoms with Gasteiger partial charge < -0.3 is 10.4 Å². The molecular formula is C32H27ClF6N8O4. The number of halogens is 7. The maximum Gasteiger partial charge on any atom is 0.490 e. The molecule has 5 aromatic rings. The monoisotopic (exact) mass is 736 g/mol. The molecule has 0 spiro atoms. The zero-order valence-corrected chi connectivity index (χ0v) is 27.3. The maximum atomic E-state index is 13.7. The Morgan fingerprint density at radius 2 is 1.73 bits per heavy atom. The quantitative estimate of drug-likeness (QED) is 0.198. The Kier molecular flexibility index (Phi) is 10.4. The molecule has 1 aliphatic rings. The van der Waals surface area contributed by atoms with Crippen molar-refractivity contribution >= 4 is 29.2 Å². The van der Waals surface area contributed by atoms with Gasteiger partial charge in [-0.2, -0.15) is 36.5 Å². The molecule has 268 valence electrons. The third-order valence-electron chi connectivity index (χ3n) is 7.96. The van der Waals surface area contributed by atoms with Crippen LogP contribution in [0.3, 0.4) is 0 Å². The van der Waals surface area contributed by atoms with Crippen molar-refractivity contribution in [1.82, 2.24) is 34.1 Å². The van der Waals surface area contributed by atoms with Crippen LogP contribution in [0, 0.1) is 5.92 Å². The summed E-state index contributed by atoms with van der Waals surface area (Å²) in [4.78, 5) is 44.6. The number of aliphatic carboxylic acids is 1. The predicted molar refractivity (Wildman–Crippen MR) is 171 cm³/mol. The van der Waals surface area contributed by atoms with E-state index in [1.807, 2.05) is 19.1 Å². The number of aromatic nitrogens is 7. The maximum absolute atomic E-state index is 13.7. The topological polar surface area (TPSA) is 150 Å². The molecule has 6 rings (SSSR count). The van der Waals surface area contributed by atoms with Gasteiger partial charge in [0, 0.05) is 47.6 Å². The minimum Gasteiger partial charge on any atom is -0.475 e. The second-order valence-corrected chi connectivity index (χ2v) is 11.9. The van der Waals surface area contributed by atoms with E-state index in [0.717, 1.165) is 22.6 Å². The lowest BCUT2D eigenvalue weighted by Gasteiger charge is -2.22. The fourth-order valence-electron chi connectivity index (χ4n) is 5.39. The average Bonchev–Trinajstić information content (AvgIpc) is 3.70. The Bertz CT molecular complexity index is 2140. The fourth-order valence-corrected chi connectivity index (χ4v) is 5.56. The third-order valence-corrected chi connectivity index (χ3v) is 8.20. The molecule has 0 radical (unpaired) electrons. The molecule has 1 amide bonds. The number of nitrogens with zero attached hydrogens (tertiary/aromatic N) is 7. The minimum absolute atomic E-state index is 0.120. The molecular weight excluding hydrogens is 710 g/mol. The van der Waals surface area contributed by atoms with Crippen LogP contribution in [-0.4, -0.2) is 57.3 Å². The second-order valence-electron chi connectivity index (χ2n) is 11.5. The molecule has 19 heteroatoms. The standard InChI is InChI=1S/C30H26ClF3N8O2.C2HF3O2/c1-17-4-3-5-26(23-10-18(8-9-35-23)28-24(39-29(17)44)14-37-40(28)2)41-16-36-22(12-27(41)43)21-11-20(31)6-7-25(21)42-15-19(13-38-42)30(32,33)34;3-2(4,5)1(6)7/h6-17,26H,3-5H2,1-2H3,(H,39,44);(H,6,7)/t17-,26+;/m1./s1. The summed E-state index contributed by atoms with van der Waals surface area (Å²) in [7, 11) is 1.78. The van der Waals surface area contributed by atoms with Gasteiger partial charge in [0.1, 0.15) is 0 Å². The van der Waals surface area contributed by atoms with Crippen molar-refractivity contribution in [3.05, 3.63) is 94.1 Å². The number of hydrogen-bond donors (Lipinski definition) is 2. The SMILES string of the molecule is C[C@@H]1CCC[C@H](n2cnc(-c3cc(Cl)ccc3-n3cc(C(F)(F)F)cn3)cc2=O)c2cc(ccn2)-c2c(cnn2C)NC1=O.O=C(O)C(F)(F)F. The molecule has 2 N–H and O–H groups in total. The summed E-state index contributed by atoms with van der Waals surface area (Å²) >= 11 is 6.25. The van der Waals surface area contributed by atoms with Crippen molar-refractivity contribution in [1.29, 1.82) is 0 Å². The van der Waals surface area contributed by atoms with Gasteiger partial charge in [-0.15, -0.1) is 0 Å². The summed E-state index contributed by atoms with van der Waals surface area (Å²) in [6, 6.07) is 9.06. The summed E-state index contributed by atoms with van der Waals surface area (Å²) < 4.78 is 75.7. The van der Waals surface area contributed by atoms with E-state index in [4.69, 9.17) is 21.5 Å². The summed E-state index contributed by atoms with van der Waals surface area (Å²) in [6.07, 6.45) is -1.69. The summed E-state index contributed by atoms with van der Waals surface area (Å²) in [5.74, 6) is -3.16. The first-order valence-electron chi connectivity index (χ1n) is 15.0. The molecule has 1 aromatic carbocycles. The second kappa shape index (κ2) is 14.4. The summed E-state index contributed by atoms with van der Waals surface area (Å²) in [6.45, 7) is 1.85. The molecule has 0 unspecified atom stereocenters. The van der Waals surface area contributed by atoms with Gasteiger partial charge in [0.25, 0.3) is 5.56 Å². The number of carboxylic acid groups (broad SMARTS) is 1. The average molecular weight is 737 g/mol. The lowest BCUT2D eigenvalue weighted by Crippen LogP contribution is -2.27. The molecule has 12 nitrogen and oxygen atoms in total. The molecule has 0 saturated carbocycles. The number of nitrogens with one attached hydrogen (secondary N) is 1. The first-order valence-corrected chi connectivity index (χ1v) is 15.4. The first kappa shape index (κ1) is 36.8. The number of carbonyl (C=O) groups is 2. The molecule has 4 aromatic heterocycles. The minimum atomic E-state index is -5.08. The molecule has 5 heterocycles. The highest BCUT2D eigenvalue weighted by Crippen LogP contribution is 2.34. The van der Waals surface area contributed by atoms with Crippen LogP contribution >= 0.6 is 11.6 Å². The van der Waals surface area contributed by atoms with E-state index < -0.39 is 35.5 Å². The third kappa shape index (κ3) is 8.28. The summed E-state index contributed by atoms with van der Waals surface area (Å²) in [5, 5.41) is 18.6. The van der Waals surface area contributed by atoms with E-state index in [1.165, 1.54) is 35.2 Å². The van der Waals surface area contributed by atoms with Gasteiger partial charge in [-0.25, -0.2) is 14.5 Å². The highest BCUT2D eigenvalue weighted by atomic mass is 35.5. The fraction of sp³-hybridized carbons (Fsp3) is 0.281. The lowest BCUT2D eigenvalue weighted by atomic mass is 9.97. The number of carbonyl (C=O) groups excluding carboxylic acids is 1. The highest BCUT2D eigenvalue weighted by molar-refractivity contribution is 6.31. The molecule has 0 saturated heterocycles. The van der Waals surface area contributed by atoms with Gasteiger partial charge in [0.05, 0.1) is 58.8 Å². The number of benzene rings is 1.